The lowest BCUT2D eigenvalue weighted by Gasteiger charge is -2.42. The van der Waals surface area contributed by atoms with Gasteiger partial charge in [0.15, 0.2) is 0 Å². The predicted molar refractivity (Wildman–Crippen MR) is 72.5 cm³/mol. The van der Waals surface area contributed by atoms with Gasteiger partial charge in [0.05, 0.1) is 6.10 Å². The third-order valence-corrected chi connectivity index (χ3v) is 4.82. The van der Waals surface area contributed by atoms with E-state index < -0.39 is 0 Å². The molecule has 1 saturated heterocycles. The van der Waals surface area contributed by atoms with Crippen LogP contribution in [0.2, 0.25) is 6.82 Å². The normalized spacial score (nSPS) is 26.3. The van der Waals surface area contributed by atoms with Crippen molar-refractivity contribution in [2.75, 3.05) is 13.1 Å². The smallest absolute Gasteiger partial charge is 0.376 e. The molecule has 0 saturated carbocycles. The molecule has 0 bridgehead atoms. The molecule has 0 unspecified atom stereocenters. The van der Waals surface area contributed by atoms with Crippen molar-refractivity contribution < 1.29 is 10.1 Å². The number of piperidine rings is 1. The Kier molecular flexibility index (Phi) is 2.97. The van der Waals surface area contributed by atoms with Crippen LogP contribution in [0.4, 0.5) is 0 Å². The first-order valence-corrected chi connectivity index (χ1v) is 6.82. The molecule has 1 aromatic carbocycles. The molecule has 18 heavy (non-hydrogen) atoms. The zero-order valence-electron chi connectivity index (χ0n) is 10.8. The first-order valence-electron chi connectivity index (χ1n) is 6.82. The largest absolute Gasteiger partial charge is 0.437 e. The van der Waals surface area contributed by atoms with Crippen LogP contribution in [0.25, 0.3) is 0 Å². The summed E-state index contributed by atoms with van der Waals surface area (Å²) in [6.07, 6.45) is 2.41. The van der Waals surface area contributed by atoms with Gasteiger partial charge in [-0.3, -0.25) is 0 Å². The van der Waals surface area contributed by atoms with Crippen LogP contribution in [-0.2, 0) is 11.8 Å². The fourth-order valence-corrected chi connectivity index (χ4v) is 3.67. The fourth-order valence-electron chi connectivity index (χ4n) is 3.67. The van der Waals surface area contributed by atoms with Crippen molar-refractivity contribution in [1.82, 2.24) is 4.81 Å². The van der Waals surface area contributed by atoms with Crippen LogP contribution >= 0.6 is 0 Å². The van der Waals surface area contributed by atoms with Crippen molar-refractivity contribution >= 4 is 7.05 Å². The molecule has 1 aliphatic heterocycles. The van der Waals surface area contributed by atoms with Gasteiger partial charge in [-0.15, -0.1) is 0 Å². The summed E-state index contributed by atoms with van der Waals surface area (Å²) in [6.45, 7) is 3.54. The highest BCUT2D eigenvalue weighted by atomic mass is 16.3. The Labute approximate surface area is 109 Å². The van der Waals surface area contributed by atoms with Gasteiger partial charge in [-0.2, -0.15) is 0 Å². The maximum atomic E-state index is 10.5. The molecule has 3 rings (SSSR count). The summed E-state index contributed by atoms with van der Waals surface area (Å²) in [5, 5.41) is 20.1. The number of hydrogen-bond donors (Lipinski definition) is 2. The quantitative estimate of drug-likeness (QED) is 0.727. The topological polar surface area (TPSA) is 43.7 Å². The molecule has 3 nitrogen and oxygen atoms in total. The Morgan fingerprint density at radius 1 is 1.28 bits per heavy atom. The molecule has 2 aliphatic rings. The second-order valence-electron chi connectivity index (χ2n) is 5.70. The molecule has 96 valence electrons. The van der Waals surface area contributed by atoms with Gasteiger partial charge in [-0.1, -0.05) is 24.3 Å². The molecule has 1 spiro atoms. The van der Waals surface area contributed by atoms with Crippen molar-refractivity contribution in [2.24, 2.45) is 0 Å². The highest BCUT2D eigenvalue weighted by Gasteiger charge is 2.47. The van der Waals surface area contributed by atoms with Crippen molar-refractivity contribution in [3.05, 3.63) is 35.4 Å². The van der Waals surface area contributed by atoms with Gasteiger partial charge in [-0.05, 0) is 50.3 Å². The number of aliphatic hydroxyl groups excluding tert-OH is 1. The third kappa shape index (κ3) is 1.71. The maximum Gasteiger partial charge on any atom is 0.376 e. The summed E-state index contributed by atoms with van der Waals surface area (Å²) in [4.78, 5) is 2.08. The first-order chi connectivity index (χ1) is 8.63. The molecule has 0 radical (unpaired) electrons. The van der Waals surface area contributed by atoms with Crippen LogP contribution in [0.5, 0.6) is 0 Å². The van der Waals surface area contributed by atoms with Gasteiger partial charge in [0.2, 0.25) is 0 Å². The Hall–Kier alpha value is -0.835. The number of benzene rings is 1. The van der Waals surface area contributed by atoms with Gasteiger partial charge >= 0.3 is 7.05 Å². The summed E-state index contributed by atoms with van der Waals surface area (Å²) in [7, 11) is -0.379. The lowest BCUT2D eigenvalue weighted by atomic mass is 9.69. The number of fused-ring (bicyclic) bond motifs is 2. The average molecular weight is 245 g/mol. The van der Waals surface area contributed by atoms with Crippen molar-refractivity contribution in [3.8, 4) is 0 Å². The second-order valence-corrected chi connectivity index (χ2v) is 5.70. The number of rotatable bonds is 1. The van der Waals surface area contributed by atoms with E-state index in [0.717, 1.165) is 32.4 Å². The van der Waals surface area contributed by atoms with E-state index >= 15 is 0 Å². The standard InChI is InChI=1S/C14H20BNO2/c1-15(18)16-8-6-14(7-9-16)12-5-3-2-4-11(12)10-13(14)17/h2-5,13,17-18H,6-10H2,1H3/t13-/m0/s1. The molecular formula is C14H20BNO2. The lowest BCUT2D eigenvalue weighted by molar-refractivity contribution is 0.0573. The number of aliphatic hydroxyl groups is 1. The van der Waals surface area contributed by atoms with E-state index in [1.807, 2.05) is 6.82 Å². The lowest BCUT2D eigenvalue weighted by Crippen LogP contribution is -2.51. The highest BCUT2D eigenvalue weighted by molar-refractivity contribution is 6.45. The molecule has 1 aromatic rings. The van der Waals surface area contributed by atoms with E-state index in [1.165, 1.54) is 11.1 Å². The zero-order chi connectivity index (χ0) is 12.8. The minimum atomic E-state index is -0.379. The maximum absolute atomic E-state index is 10.5. The molecule has 0 amide bonds. The van der Waals surface area contributed by atoms with Gasteiger partial charge < -0.3 is 14.9 Å². The highest BCUT2D eigenvalue weighted by Crippen LogP contribution is 2.46. The van der Waals surface area contributed by atoms with E-state index in [2.05, 4.69) is 29.1 Å². The fraction of sp³-hybridized carbons (Fsp3) is 0.571. The molecule has 1 atom stereocenters. The summed E-state index contributed by atoms with van der Waals surface area (Å²) < 4.78 is 0. The summed E-state index contributed by atoms with van der Waals surface area (Å²) in [5.74, 6) is 0. The minimum absolute atomic E-state index is 0.0675. The van der Waals surface area contributed by atoms with Crippen LogP contribution in [0, 0.1) is 0 Å². The average Bonchev–Trinajstić information content (AvgIpc) is 2.64. The Morgan fingerprint density at radius 2 is 1.94 bits per heavy atom. The molecule has 1 fully saturated rings. The minimum Gasteiger partial charge on any atom is -0.437 e. The molecule has 1 heterocycles. The zero-order valence-corrected chi connectivity index (χ0v) is 10.8. The number of nitrogens with zero attached hydrogens (tertiary/aromatic N) is 1. The van der Waals surface area contributed by atoms with E-state index in [4.69, 9.17) is 0 Å². The molecule has 1 aliphatic carbocycles. The summed E-state index contributed by atoms with van der Waals surface area (Å²) in [6, 6.07) is 8.42. The van der Waals surface area contributed by atoms with Crippen LogP contribution in [0.1, 0.15) is 24.0 Å². The first kappa shape index (κ1) is 12.2. The van der Waals surface area contributed by atoms with E-state index in [9.17, 15) is 10.1 Å². The third-order valence-electron chi connectivity index (χ3n) is 4.82. The Morgan fingerprint density at radius 3 is 2.61 bits per heavy atom. The van der Waals surface area contributed by atoms with Gasteiger partial charge in [0, 0.05) is 5.41 Å². The molecule has 2 N–H and O–H groups in total. The van der Waals surface area contributed by atoms with Crippen molar-refractivity contribution in [3.63, 3.8) is 0 Å². The van der Waals surface area contributed by atoms with Crippen molar-refractivity contribution in [1.29, 1.82) is 0 Å². The van der Waals surface area contributed by atoms with E-state index in [-0.39, 0.29) is 18.6 Å². The molecular weight excluding hydrogens is 225 g/mol. The SMILES string of the molecule is CB(O)N1CCC2(CC1)c1ccccc1C[C@@H]2O. The second kappa shape index (κ2) is 4.37. The van der Waals surface area contributed by atoms with Gasteiger partial charge in [-0.25, -0.2) is 0 Å². The molecule has 4 heteroatoms. The van der Waals surface area contributed by atoms with Crippen LogP contribution in [-0.4, -0.2) is 41.2 Å². The van der Waals surface area contributed by atoms with Crippen LogP contribution in [0.15, 0.2) is 24.3 Å². The van der Waals surface area contributed by atoms with E-state index in [0.29, 0.717) is 0 Å². The van der Waals surface area contributed by atoms with Crippen LogP contribution < -0.4 is 0 Å². The van der Waals surface area contributed by atoms with Crippen LogP contribution in [0.3, 0.4) is 0 Å². The Balaban J connectivity index is 1.88. The van der Waals surface area contributed by atoms with Gasteiger partial charge in [0.1, 0.15) is 0 Å². The molecule has 0 aromatic heterocycles. The summed E-state index contributed by atoms with van der Waals surface area (Å²) >= 11 is 0. The van der Waals surface area contributed by atoms with Gasteiger partial charge in [0.25, 0.3) is 0 Å². The predicted octanol–water partition coefficient (Wildman–Crippen LogP) is 1.05. The number of hydrogen-bond acceptors (Lipinski definition) is 3. The summed E-state index contributed by atoms with van der Waals surface area (Å²) in [5.41, 5.74) is 2.57. The van der Waals surface area contributed by atoms with Crippen molar-refractivity contribution in [2.45, 2.75) is 37.6 Å². The van der Waals surface area contributed by atoms with E-state index in [1.54, 1.807) is 0 Å². The Bertz CT molecular complexity index is 441. The monoisotopic (exact) mass is 245 g/mol.